The first-order valence-electron chi connectivity index (χ1n) is 9.16. The summed E-state index contributed by atoms with van der Waals surface area (Å²) in [4.78, 5) is 12.5. The Morgan fingerprint density at radius 3 is 2.52 bits per heavy atom. The van der Waals surface area contributed by atoms with Crippen LogP contribution in [0.15, 0.2) is 47.4 Å². The number of halogens is 1. The number of carbonyl (C=O) groups excluding carboxylic acids is 1. The molecule has 1 heterocycles. The maximum atomic E-state index is 13.4. The quantitative estimate of drug-likeness (QED) is 0.682. The number of aliphatic hydroxyl groups is 2. The lowest BCUT2D eigenvalue weighted by atomic mass is 9.94. The van der Waals surface area contributed by atoms with Crippen molar-refractivity contribution < 1.29 is 27.8 Å². The van der Waals surface area contributed by atoms with Crippen molar-refractivity contribution >= 4 is 21.6 Å². The molecule has 0 aromatic heterocycles. The van der Waals surface area contributed by atoms with Crippen molar-refractivity contribution in [1.29, 1.82) is 0 Å². The molecule has 3 N–H and O–H groups in total. The van der Waals surface area contributed by atoms with Crippen LogP contribution in [-0.4, -0.2) is 54.1 Å². The van der Waals surface area contributed by atoms with E-state index in [4.69, 9.17) is 0 Å². The van der Waals surface area contributed by atoms with Gasteiger partial charge in [-0.05, 0) is 61.7 Å². The van der Waals surface area contributed by atoms with Gasteiger partial charge in [0.05, 0.1) is 17.1 Å². The Bertz CT molecular complexity index is 1020. The van der Waals surface area contributed by atoms with E-state index in [9.17, 15) is 27.8 Å². The molecule has 29 heavy (non-hydrogen) atoms. The van der Waals surface area contributed by atoms with Gasteiger partial charge in [-0.2, -0.15) is 4.31 Å². The van der Waals surface area contributed by atoms with Crippen molar-refractivity contribution in [2.45, 2.75) is 30.3 Å². The Morgan fingerprint density at radius 1 is 1.21 bits per heavy atom. The van der Waals surface area contributed by atoms with Gasteiger partial charge >= 0.3 is 0 Å². The van der Waals surface area contributed by atoms with Gasteiger partial charge in [0.1, 0.15) is 5.82 Å². The number of sulfonamides is 1. The molecule has 0 spiro atoms. The summed E-state index contributed by atoms with van der Waals surface area (Å²) in [6.07, 6.45) is 0.264. The fourth-order valence-electron chi connectivity index (χ4n) is 3.17. The first-order chi connectivity index (χ1) is 13.6. The van der Waals surface area contributed by atoms with Crippen LogP contribution in [-0.2, 0) is 10.0 Å². The smallest absolute Gasteiger partial charge is 0.255 e. The zero-order chi connectivity index (χ0) is 21.2. The summed E-state index contributed by atoms with van der Waals surface area (Å²) >= 11 is 0. The minimum atomic E-state index is -3.85. The molecule has 1 aliphatic heterocycles. The van der Waals surface area contributed by atoms with Crippen LogP contribution in [0.2, 0.25) is 0 Å². The number of carbonyl (C=O) groups is 1. The number of amides is 1. The molecule has 0 saturated carbocycles. The fourth-order valence-corrected chi connectivity index (χ4v) is 4.66. The lowest BCUT2D eigenvalue weighted by molar-refractivity contribution is -0.0480. The van der Waals surface area contributed by atoms with E-state index in [-0.39, 0.29) is 42.2 Å². The van der Waals surface area contributed by atoms with E-state index in [1.165, 1.54) is 46.8 Å². The minimum Gasteiger partial charge on any atom is -0.393 e. The SMILES string of the molecule is Cc1cc(NC(=O)c2cccc(S(=O)(=O)N3CCC(O)(CO)CC3)c2)ccc1F. The molecule has 0 radical (unpaired) electrons. The summed E-state index contributed by atoms with van der Waals surface area (Å²) in [7, 11) is -3.85. The number of hydrogen-bond acceptors (Lipinski definition) is 5. The highest BCUT2D eigenvalue weighted by atomic mass is 32.2. The highest BCUT2D eigenvalue weighted by Gasteiger charge is 2.36. The molecule has 1 aliphatic rings. The maximum Gasteiger partial charge on any atom is 0.255 e. The largest absolute Gasteiger partial charge is 0.393 e. The Hall–Kier alpha value is -2.33. The Kier molecular flexibility index (Phi) is 6.04. The molecule has 0 atom stereocenters. The molecular formula is C20H23FN2O5S. The summed E-state index contributed by atoms with van der Waals surface area (Å²) in [6, 6.07) is 9.82. The lowest BCUT2D eigenvalue weighted by Crippen LogP contribution is -2.48. The molecule has 1 amide bonds. The molecule has 7 nitrogen and oxygen atoms in total. The van der Waals surface area contributed by atoms with Crippen molar-refractivity contribution in [1.82, 2.24) is 4.31 Å². The summed E-state index contributed by atoms with van der Waals surface area (Å²) in [5.41, 5.74) is -0.327. The van der Waals surface area contributed by atoms with Crippen molar-refractivity contribution in [3.63, 3.8) is 0 Å². The average molecular weight is 422 g/mol. The first kappa shape index (κ1) is 21.4. The van der Waals surface area contributed by atoms with Crippen molar-refractivity contribution in [2.24, 2.45) is 0 Å². The number of benzene rings is 2. The molecule has 0 unspecified atom stereocenters. The van der Waals surface area contributed by atoms with Crippen LogP contribution in [0.25, 0.3) is 0 Å². The van der Waals surface area contributed by atoms with Crippen LogP contribution in [0.4, 0.5) is 10.1 Å². The van der Waals surface area contributed by atoms with Gasteiger partial charge in [0.2, 0.25) is 10.0 Å². The van der Waals surface area contributed by atoms with E-state index in [0.717, 1.165) is 0 Å². The second kappa shape index (κ2) is 8.19. The number of hydrogen-bond donors (Lipinski definition) is 3. The van der Waals surface area contributed by atoms with Gasteiger partial charge in [-0.15, -0.1) is 0 Å². The molecule has 2 aromatic rings. The maximum absolute atomic E-state index is 13.4. The van der Waals surface area contributed by atoms with Crippen LogP contribution in [0, 0.1) is 12.7 Å². The van der Waals surface area contributed by atoms with E-state index < -0.39 is 28.1 Å². The Labute approximate surface area is 168 Å². The second-order valence-electron chi connectivity index (χ2n) is 7.23. The zero-order valence-electron chi connectivity index (χ0n) is 15.9. The van der Waals surface area contributed by atoms with Gasteiger partial charge in [0, 0.05) is 24.3 Å². The molecule has 9 heteroatoms. The molecule has 1 saturated heterocycles. The third-order valence-electron chi connectivity index (χ3n) is 5.10. The molecule has 0 bridgehead atoms. The third kappa shape index (κ3) is 4.64. The molecule has 1 fully saturated rings. The molecule has 2 aromatic carbocycles. The number of rotatable bonds is 5. The van der Waals surface area contributed by atoms with Gasteiger partial charge in [-0.3, -0.25) is 4.79 Å². The van der Waals surface area contributed by atoms with E-state index in [2.05, 4.69) is 5.32 Å². The molecule has 3 rings (SSSR count). The third-order valence-corrected chi connectivity index (χ3v) is 6.99. The van der Waals surface area contributed by atoms with Crippen molar-refractivity contribution in [3.8, 4) is 0 Å². The first-order valence-corrected chi connectivity index (χ1v) is 10.6. The summed E-state index contributed by atoms with van der Waals surface area (Å²) in [5.74, 6) is -0.896. The molecular weight excluding hydrogens is 399 g/mol. The number of aryl methyl sites for hydroxylation is 1. The minimum absolute atomic E-state index is 0.0325. The van der Waals surface area contributed by atoms with E-state index in [1.54, 1.807) is 6.92 Å². The van der Waals surface area contributed by atoms with Crippen LogP contribution in [0.5, 0.6) is 0 Å². The molecule has 0 aliphatic carbocycles. The Morgan fingerprint density at radius 2 is 1.90 bits per heavy atom. The number of nitrogens with zero attached hydrogens (tertiary/aromatic N) is 1. The van der Waals surface area contributed by atoms with E-state index >= 15 is 0 Å². The highest BCUT2D eigenvalue weighted by molar-refractivity contribution is 7.89. The summed E-state index contributed by atoms with van der Waals surface area (Å²) in [5, 5.41) is 21.9. The number of nitrogens with one attached hydrogen (secondary N) is 1. The van der Waals surface area contributed by atoms with E-state index in [1.807, 2.05) is 0 Å². The average Bonchev–Trinajstić information content (AvgIpc) is 2.71. The standard InChI is InChI=1S/C20H23FN2O5S/c1-14-11-16(5-6-18(14)21)22-19(25)15-3-2-4-17(12-15)29(27,28)23-9-7-20(26,13-24)8-10-23/h2-6,11-12,24,26H,7-10,13H2,1H3,(H,22,25). The number of aliphatic hydroxyl groups excluding tert-OH is 1. The summed E-state index contributed by atoms with van der Waals surface area (Å²) in [6.45, 7) is 1.31. The van der Waals surface area contributed by atoms with Gasteiger partial charge in [-0.25, -0.2) is 12.8 Å². The lowest BCUT2D eigenvalue weighted by Gasteiger charge is -2.36. The monoisotopic (exact) mass is 422 g/mol. The van der Waals surface area contributed by atoms with Gasteiger partial charge in [0.25, 0.3) is 5.91 Å². The highest BCUT2D eigenvalue weighted by Crippen LogP contribution is 2.27. The second-order valence-corrected chi connectivity index (χ2v) is 9.17. The zero-order valence-corrected chi connectivity index (χ0v) is 16.7. The normalized spacial score (nSPS) is 17.1. The Balaban J connectivity index is 1.78. The van der Waals surface area contributed by atoms with Crippen LogP contribution < -0.4 is 5.32 Å². The van der Waals surface area contributed by atoms with Gasteiger partial charge in [-0.1, -0.05) is 6.07 Å². The van der Waals surface area contributed by atoms with Gasteiger partial charge in [0.15, 0.2) is 0 Å². The van der Waals surface area contributed by atoms with Crippen molar-refractivity contribution in [2.75, 3.05) is 25.0 Å². The van der Waals surface area contributed by atoms with Crippen molar-refractivity contribution in [3.05, 3.63) is 59.4 Å². The number of piperidine rings is 1. The van der Waals surface area contributed by atoms with Crippen LogP contribution >= 0.6 is 0 Å². The fraction of sp³-hybridized carbons (Fsp3) is 0.350. The van der Waals surface area contributed by atoms with E-state index in [0.29, 0.717) is 11.3 Å². The number of anilines is 1. The van der Waals surface area contributed by atoms with Crippen LogP contribution in [0.1, 0.15) is 28.8 Å². The van der Waals surface area contributed by atoms with Crippen LogP contribution in [0.3, 0.4) is 0 Å². The van der Waals surface area contributed by atoms with Gasteiger partial charge < -0.3 is 15.5 Å². The summed E-state index contributed by atoms with van der Waals surface area (Å²) < 4.78 is 40.4. The topological polar surface area (TPSA) is 107 Å². The predicted octanol–water partition coefficient (Wildman–Crippen LogP) is 1.89. The predicted molar refractivity (Wildman–Crippen MR) is 106 cm³/mol. The molecule has 156 valence electrons.